The maximum atomic E-state index is 9.25. The molecule has 0 aromatic carbocycles. The van der Waals surface area contributed by atoms with E-state index in [1.165, 1.54) is 0 Å². The van der Waals surface area contributed by atoms with Gasteiger partial charge in [-0.2, -0.15) is 21.0 Å². The molecule has 0 aliphatic rings. The molecule has 0 spiro atoms. The van der Waals surface area contributed by atoms with Gasteiger partial charge in [-0.25, -0.2) is 0 Å². The molecule has 4 heteroatoms. The molecule has 0 radical (unpaired) electrons. The van der Waals surface area contributed by atoms with Crippen LogP contribution in [0, 0.1) is 50.7 Å². The summed E-state index contributed by atoms with van der Waals surface area (Å²) < 4.78 is 0. The first-order valence-corrected chi connectivity index (χ1v) is 5.77. The monoisotopic (exact) mass is 228 g/mol. The molecule has 17 heavy (non-hydrogen) atoms. The Kier molecular flexibility index (Phi) is 8.10. The molecule has 0 rings (SSSR count). The number of nitriles is 4. The van der Waals surface area contributed by atoms with E-state index in [1.807, 2.05) is 12.1 Å². The SMILES string of the molecule is N#CCCCCC(C#N)(CCC#N)CCC#N. The van der Waals surface area contributed by atoms with Crippen molar-refractivity contribution in [2.24, 2.45) is 5.41 Å². The zero-order valence-electron chi connectivity index (χ0n) is 9.95. The summed E-state index contributed by atoms with van der Waals surface area (Å²) in [6.07, 6.45) is 4.49. The fraction of sp³-hybridized carbons (Fsp3) is 0.692. The van der Waals surface area contributed by atoms with Gasteiger partial charge in [0.05, 0.1) is 29.7 Å². The van der Waals surface area contributed by atoms with E-state index in [2.05, 4.69) is 12.1 Å². The fourth-order valence-electron chi connectivity index (χ4n) is 1.80. The second-order valence-electron chi connectivity index (χ2n) is 4.07. The Labute approximate surface area is 103 Å². The van der Waals surface area contributed by atoms with Crippen molar-refractivity contribution in [3.8, 4) is 24.3 Å². The summed E-state index contributed by atoms with van der Waals surface area (Å²) in [7, 11) is 0. The lowest BCUT2D eigenvalue weighted by Crippen LogP contribution is -2.18. The highest BCUT2D eigenvalue weighted by Gasteiger charge is 2.28. The van der Waals surface area contributed by atoms with Gasteiger partial charge in [-0.3, -0.25) is 0 Å². The molecule has 0 atom stereocenters. The van der Waals surface area contributed by atoms with Gasteiger partial charge in [0.15, 0.2) is 0 Å². The van der Waals surface area contributed by atoms with Crippen molar-refractivity contribution in [1.29, 1.82) is 21.0 Å². The Bertz CT molecular complexity index is 354. The lowest BCUT2D eigenvalue weighted by molar-refractivity contribution is 0.305. The molecule has 88 valence electrons. The molecule has 0 heterocycles. The van der Waals surface area contributed by atoms with Crippen LogP contribution in [0.5, 0.6) is 0 Å². The van der Waals surface area contributed by atoms with Crippen LogP contribution in [0.25, 0.3) is 0 Å². The normalized spacial score (nSPS) is 9.65. The molecule has 0 bridgehead atoms. The Morgan fingerprint density at radius 3 is 1.59 bits per heavy atom. The highest BCUT2D eigenvalue weighted by molar-refractivity contribution is 5.01. The minimum Gasteiger partial charge on any atom is -0.198 e. The molecule has 0 aliphatic carbocycles. The maximum Gasteiger partial charge on any atom is 0.0690 e. The third-order valence-electron chi connectivity index (χ3n) is 2.86. The number of nitrogens with zero attached hydrogens (tertiary/aromatic N) is 4. The van der Waals surface area contributed by atoms with E-state index in [0.717, 1.165) is 12.8 Å². The van der Waals surface area contributed by atoms with E-state index in [0.29, 0.717) is 38.5 Å². The maximum absolute atomic E-state index is 9.25. The van der Waals surface area contributed by atoms with Crippen molar-refractivity contribution in [2.75, 3.05) is 0 Å². The number of rotatable bonds is 8. The third-order valence-corrected chi connectivity index (χ3v) is 2.86. The van der Waals surface area contributed by atoms with Crippen molar-refractivity contribution < 1.29 is 0 Å². The summed E-state index contributed by atoms with van der Waals surface area (Å²) in [5.74, 6) is 0. The largest absolute Gasteiger partial charge is 0.198 e. The number of unbranched alkanes of at least 4 members (excludes halogenated alkanes) is 2. The van der Waals surface area contributed by atoms with Gasteiger partial charge in [0, 0.05) is 19.3 Å². The van der Waals surface area contributed by atoms with Crippen LogP contribution in [-0.4, -0.2) is 0 Å². The van der Waals surface area contributed by atoms with Crippen LogP contribution >= 0.6 is 0 Å². The fourth-order valence-corrected chi connectivity index (χ4v) is 1.80. The van der Waals surface area contributed by atoms with Crippen LogP contribution < -0.4 is 0 Å². The first kappa shape index (κ1) is 15.0. The van der Waals surface area contributed by atoms with Gasteiger partial charge in [-0.05, 0) is 25.7 Å². The molecular formula is C13H16N4. The Hall–Kier alpha value is -2.04. The highest BCUT2D eigenvalue weighted by atomic mass is 14.4. The predicted molar refractivity (Wildman–Crippen MR) is 61.8 cm³/mol. The summed E-state index contributed by atoms with van der Waals surface area (Å²) in [4.78, 5) is 0. The topological polar surface area (TPSA) is 95.2 Å². The first-order chi connectivity index (χ1) is 8.24. The summed E-state index contributed by atoms with van der Waals surface area (Å²) in [5, 5.41) is 34.9. The van der Waals surface area contributed by atoms with E-state index in [-0.39, 0.29) is 0 Å². The van der Waals surface area contributed by atoms with Gasteiger partial charge in [0.1, 0.15) is 0 Å². The van der Waals surface area contributed by atoms with E-state index < -0.39 is 5.41 Å². The lowest BCUT2D eigenvalue weighted by Gasteiger charge is -2.24. The minimum absolute atomic E-state index is 0.344. The van der Waals surface area contributed by atoms with Gasteiger partial charge < -0.3 is 0 Å². The molecule has 0 saturated carbocycles. The second kappa shape index (κ2) is 9.21. The third kappa shape index (κ3) is 6.19. The van der Waals surface area contributed by atoms with Gasteiger partial charge >= 0.3 is 0 Å². The molecule has 0 N–H and O–H groups in total. The van der Waals surface area contributed by atoms with Crippen molar-refractivity contribution in [2.45, 2.75) is 51.4 Å². The molecule has 0 amide bonds. The smallest absolute Gasteiger partial charge is 0.0690 e. The molecule has 4 nitrogen and oxygen atoms in total. The predicted octanol–water partition coefficient (Wildman–Crippen LogP) is 3.19. The van der Waals surface area contributed by atoms with Crippen LogP contribution in [-0.2, 0) is 0 Å². The second-order valence-corrected chi connectivity index (χ2v) is 4.07. The van der Waals surface area contributed by atoms with Gasteiger partial charge in [0.25, 0.3) is 0 Å². The Morgan fingerprint density at radius 2 is 1.18 bits per heavy atom. The molecule has 0 unspecified atom stereocenters. The summed E-state index contributed by atoms with van der Waals surface area (Å²) in [6, 6.07) is 8.45. The minimum atomic E-state index is -0.555. The van der Waals surface area contributed by atoms with Crippen LogP contribution in [0.15, 0.2) is 0 Å². The van der Waals surface area contributed by atoms with E-state index in [1.54, 1.807) is 0 Å². The summed E-state index contributed by atoms with van der Waals surface area (Å²) in [5.41, 5.74) is -0.555. The van der Waals surface area contributed by atoms with Gasteiger partial charge in [-0.1, -0.05) is 6.42 Å². The molecule has 0 aromatic rings. The molecule has 0 saturated heterocycles. The Balaban J connectivity index is 4.37. The van der Waals surface area contributed by atoms with Crippen LogP contribution in [0.4, 0.5) is 0 Å². The zero-order valence-corrected chi connectivity index (χ0v) is 9.95. The number of hydrogen-bond donors (Lipinski definition) is 0. The summed E-state index contributed by atoms with van der Waals surface area (Å²) in [6.45, 7) is 0. The average Bonchev–Trinajstić information content (AvgIpc) is 2.37. The lowest BCUT2D eigenvalue weighted by atomic mass is 9.76. The van der Waals surface area contributed by atoms with Crippen molar-refractivity contribution in [1.82, 2.24) is 0 Å². The summed E-state index contributed by atoms with van der Waals surface area (Å²) >= 11 is 0. The molecule has 0 fully saturated rings. The average molecular weight is 228 g/mol. The van der Waals surface area contributed by atoms with Crippen LogP contribution in [0.2, 0.25) is 0 Å². The van der Waals surface area contributed by atoms with Crippen LogP contribution in [0.3, 0.4) is 0 Å². The highest BCUT2D eigenvalue weighted by Crippen LogP contribution is 2.34. The first-order valence-electron chi connectivity index (χ1n) is 5.77. The van der Waals surface area contributed by atoms with Crippen molar-refractivity contribution in [3.05, 3.63) is 0 Å². The zero-order chi connectivity index (χ0) is 13.0. The van der Waals surface area contributed by atoms with E-state index in [9.17, 15) is 5.26 Å². The Morgan fingerprint density at radius 1 is 0.647 bits per heavy atom. The standard InChI is InChI=1S/C13H16N4/c14-9-3-1-2-6-13(12-17,7-4-10-15)8-5-11-16/h1-8H2. The van der Waals surface area contributed by atoms with Gasteiger partial charge in [-0.15, -0.1) is 0 Å². The van der Waals surface area contributed by atoms with Crippen LogP contribution in [0.1, 0.15) is 51.4 Å². The number of hydrogen-bond acceptors (Lipinski definition) is 4. The van der Waals surface area contributed by atoms with Crippen molar-refractivity contribution in [3.63, 3.8) is 0 Å². The van der Waals surface area contributed by atoms with E-state index >= 15 is 0 Å². The molecule has 0 aliphatic heterocycles. The molecular weight excluding hydrogens is 212 g/mol. The van der Waals surface area contributed by atoms with Gasteiger partial charge in [0.2, 0.25) is 0 Å². The quantitative estimate of drug-likeness (QED) is 0.596. The van der Waals surface area contributed by atoms with Crippen molar-refractivity contribution >= 4 is 0 Å². The molecule has 0 aromatic heterocycles. The van der Waals surface area contributed by atoms with E-state index in [4.69, 9.17) is 15.8 Å².